The predicted octanol–water partition coefficient (Wildman–Crippen LogP) is 4.67. The summed E-state index contributed by atoms with van der Waals surface area (Å²) in [7, 11) is 0. The van der Waals surface area contributed by atoms with E-state index in [-0.39, 0.29) is 0 Å². The van der Waals surface area contributed by atoms with Crippen molar-refractivity contribution in [2.24, 2.45) is 0 Å². The van der Waals surface area contributed by atoms with Gasteiger partial charge in [0.1, 0.15) is 5.92 Å². The third kappa shape index (κ3) is 3.59. The molecule has 0 bridgehead atoms. The molecule has 0 spiro atoms. The first-order valence-electron chi connectivity index (χ1n) is 5.76. The van der Waals surface area contributed by atoms with Crippen molar-refractivity contribution in [1.82, 2.24) is 4.98 Å². The van der Waals surface area contributed by atoms with E-state index in [4.69, 9.17) is 11.6 Å². The lowest BCUT2D eigenvalue weighted by Crippen LogP contribution is -2.16. The van der Waals surface area contributed by atoms with Gasteiger partial charge in [-0.3, -0.25) is 9.78 Å². The van der Waals surface area contributed by atoms with Crippen molar-refractivity contribution < 1.29 is 9.90 Å². The lowest BCUT2D eigenvalue weighted by Gasteiger charge is -2.14. The summed E-state index contributed by atoms with van der Waals surface area (Å²) >= 11 is 12.6. The van der Waals surface area contributed by atoms with Crippen LogP contribution in [-0.2, 0) is 11.2 Å². The maximum absolute atomic E-state index is 11.5. The number of carboxylic acids is 1. The van der Waals surface area contributed by atoms with E-state index in [9.17, 15) is 9.90 Å². The van der Waals surface area contributed by atoms with Gasteiger partial charge in [0.25, 0.3) is 0 Å². The molecule has 1 aromatic carbocycles. The Balaban J connectivity index is 2.37. The number of carboxylic acid groups (broad SMARTS) is 1. The maximum atomic E-state index is 11.5. The molecule has 1 aromatic heterocycles. The number of benzene rings is 1. The number of carbonyl (C=O) groups is 1. The zero-order valence-electron chi connectivity index (χ0n) is 10.2. The molecule has 2 aromatic rings. The van der Waals surface area contributed by atoms with Gasteiger partial charge in [0.2, 0.25) is 0 Å². The van der Waals surface area contributed by atoms with Crippen LogP contribution in [0.5, 0.6) is 0 Å². The van der Waals surface area contributed by atoms with E-state index < -0.39 is 11.9 Å². The molecule has 3 nitrogen and oxygen atoms in total. The van der Waals surface area contributed by atoms with Gasteiger partial charge in [-0.25, -0.2) is 0 Å². The molecule has 1 heterocycles. The van der Waals surface area contributed by atoms with Crippen molar-refractivity contribution >= 4 is 49.4 Å². The molecule has 1 unspecified atom stereocenters. The topological polar surface area (TPSA) is 50.2 Å². The van der Waals surface area contributed by atoms with Gasteiger partial charge in [0.05, 0.1) is 10.7 Å². The fraction of sp³-hybridized carbons (Fsp3) is 0.143. The fourth-order valence-electron chi connectivity index (χ4n) is 1.87. The summed E-state index contributed by atoms with van der Waals surface area (Å²) < 4.78 is 1.49. The highest BCUT2D eigenvalue weighted by Gasteiger charge is 2.25. The van der Waals surface area contributed by atoms with Crippen LogP contribution in [0.4, 0.5) is 0 Å². The third-order valence-corrected chi connectivity index (χ3v) is 4.46. The van der Waals surface area contributed by atoms with Crippen molar-refractivity contribution in [3.63, 3.8) is 0 Å². The van der Waals surface area contributed by atoms with Crippen LogP contribution in [0, 0.1) is 0 Å². The maximum Gasteiger partial charge on any atom is 0.312 e. The molecular formula is C14H10Br2ClNO2. The van der Waals surface area contributed by atoms with Crippen LogP contribution < -0.4 is 0 Å². The molecule has 1 N–H and O–H groups in total. The summed E-state index contributed by atoms with van der Waals surface area (Å²) in [6.07, 6.45) is 1.81. The van der Waals surface area contributed by atoms with E-state index in [1.807, 2.05) is 24.3 Å². The van der Waals surface area contributed by atoms with Crippen molar-refractivity contribution in [3.8, 4) is 0 Å². The van der Waals surface area contributed by atoms with Crippen LogP contribution in [0.2, 0.25) is 5.02 Å². The van der Waals surface area contributed by atoms with Crippen LogP contribution in [0.25, 0.3) is 0 Å². The van der Waals surface area contributed by atoms with Gasteiger partial charge in [-0.15, -0.1) is 0 Å². The minimum Gasteiger partial charge on any atom is -0.481 e. The molecule has 0 aliphatic carbocycles. The second-order valence-corrected chi connectivity index (χ2v) is 6.35. The average Bonchev–Trinajstić information content (AvgIpc) is 2.38. The monoisotopic (exact) mass is 417 g/mol. The Morgan fingerprint density at radius 2 is 2.00 bits per heavy atom. The van der Waals surface area contributed by atoms with Crippen LogP contribution >= 0.6 is 43.5 Å². The van der Waals surface area contributed by atoms with Crippen LogP contribution in [0.1, 0.15) is 17.2 Å². The van der Waals surface area contributed by atoms with Gasteiger partial charge in [-0.1, -0.05) is 45.7 Å². The highest BCUT2D eigenvalue weighted by atomic mass is 79.9. The summed E-state index contributed by atoms with van der Waals surface area (Å²) in [5.41, 5.74) is 1.39. The van der Waals surface area contributed by atoms with Crippen molar-refractivity contribution in [1.29, 1.82) is 0 Å². The Morgan fingerprint density at radius 3 is 2.60 bits per heavy atom. The summed E-state index contributed by atoms with van der Waals surface area (Å²) in [6, 6.07) is 9.20. The molecule has 0 aliphatic heterocycles. The van der Waals surface area contributed by atoms with Crippen LogP contribution in [0.15, 0.2) is 45.5 Å². The highest BCUT2D eigenvalue weighted by Crippen LogP contribution is 2.30. The zero-order valence-corrected chi connectivity index (χ0v) is 14.1. The number of rotatable bonds is 4. The number of halogens is 3. The first-order valence-corrected chi connectivity index (χ1v) is 7.72. The highest BCUT2D eigenvalue weighted by molar-refractivity contribution is 9.10. The van der Waals surface area contributed by atoms with Gasteiger partial charge >= 0.3 is 5.97 Å². The van der Waals surface area contributed by atoms with Gasteiger partial charge < -0.3 is 5.11 Å². The molecule has 1 atom stereocenters. The van der Waals surface area contributed by atoms with E-state index in [1.165, 1.54) is 6.20 Å². The van der Waals surface area contributed by atoms with E-state index in [1.54, 1.807) is 6.07 Å². The molecule has 6 heteroatoms. The van der Waals surface area contributed by atoms with Gasteiger partial charge in [-0.2, -0.15) is 0 Å². The van der Waals surface area contributed by atoms with Gasteiger partial charge in [0.15, 0.2) is 0 Å². The Bertz CT molecular complexity index is 649. The average molecular weight is 420 g/mol. The molecule has 0 radical (unpaired) electrons. The molecule has 2 rings (SSSR count). The van der Waals surface area contributed by atoms with E-state index in [0.29, 0.717) is 21.6 Å². The minimum atomic E-state index is -0.920. The predicted molar refractivity (Wildman–Crippen MR) is 85.2 cm³/mol. The number of nitrogens with zero attached hydrogens (tertiary/aromatic N) is 1. The second-order valence-electron chi connectivity index (χ2n) is 4.21. The summed E-state index contributed by atoms with van der Waals surface area (Å²) in [6.45, 7) is 0. The van der Waals surface area contributed by atoms with E-state index in [0.717, 1.165) is 10.0 Å². The Morgan fingerprint density at radius 1 is 1.30 bits per heavy atom. The molecule has 0 saturated carbocycles. The van der Waals surface area contributed by atoms with Crippen LogP contribution in [0.3, 0.4) is 0 Å². The zero-order chi connectivity index (χ0) is 14.7. The number of hydrogen-bond donors (Lipinski definition) is 1. The Kier molecular flexibility index (Phi) is 5.18. The molecule has 104 valence electrons. The second kappa shape index (κ2) is 6.70. The van der Waals surface area contributed by atoms with Crippen molar-refractivity contribution in [3.05, 3.63) is 61.8 Å². The molecule has 0 saturated heterocycles. The Labute approximate surface area is 138 Å². The first-order chi connectivity index (χ1) is 9.49. The van der Waals surface area contributed by atoms with Crippen molar-refractivity contribution in [2.45, 2.75) is 12.3 Å². The molecule has 20 heavy (non-hydrogen) atoms. The molecular weight excluding hydrogens is 409 g/mol. The molecule has 0 aliphatic rings. The first kappa shape index (κ1) is 15.5. The molecule has 0 amide bonds. The number of aromatic nitrogens is 1. The van der Waals surface area contributed by atoms with E-state index >= 15 is 0 Å². The van der Waals surface area contributed by atoms with E-state index in [2.05, 4.69) is 36.8 Å². The fourth-order valence-corrected chi connectivity index (χ4v) is 3.23. The smallest absolute Gasteiger partial charge is 0.312 e. The lowest BCUT2D eigenvalue weighted by atomic mass is 9.96. The standard InChI is InChI=1S/C14H10Br2ClNO2/c15-11-4-2-1-3-8(11)5-10(14(19)20)13-12(16)6-9(17)7-18-13/h1-4,6-7,10H,5H2,(H,19,20). The lowest BCUT2D eigenvalue weighted by molar-refractivity contribution is -0.138. The molecule has 0 fully saturated rings. The summed E-state index contributed by atoms with van der Waals surface area (Å²) in [5.74, 6) is -1.66. The Hall–Kier alpha value is -0.910. The van der Waals surface area contributed by atoms with Gasteiger partial charge in [-0.05, 0) is 40.0 Å². The quantitative estimate of drug-likeness (QED) is 0.784. The number of aliphatic carboxylic acids is 1. The SMILES string of the molecule is O=C(O)C(Cc1ccccc1Br)c1ncc(Cl)cc1Br. The largest absolute Gasteiger partial charge is 0.481 e. The normalized spacial score (nSPS) is 12.2. The number of pyridine rings is 1. The summed E-state index contributed by atoms with van der Waals surface area (Å²) in [4.78, 5) is 15.7. The van der Waals surface area contributed by atoms with Crippen molar-refractivity contribution in [2.75, 3.05) is 0 Å². The summed E-state index contributed by atoms with van der Waals surface area (Å²) in [5, 5.41) is 9.93. The number of hydrogen-bond acceptors (Lipinski definition) is 2. The third-order valence-electron chi connectivity index (χ3n) is 2.85. The van der Waals surface area contributed by atoms with Crippen LogP contribution in [-0.4, -0.2) is 16.1 Å². The minimum absolute atomic E-state index is 0.351. The van der Waals surface area contributed by atoms with Gasteiger partial charge in [0, 0.05) is 15.1 Å².